The summed E-state index contributed by atoms with van der Waals surface area (Å²) in [6.45, 7) is 0.256. The number of nitrogens with zero attached hydrogens (tertiary/aromatic N) is 2. The zero-order valence-electron chi connectivity index (χ0n) is 10.2. The number of primary amides is 1. The molecule has 2 N–H and O–H groups in total. The maximum absolute atomic E-state index is 13.1. The molecule has 2 heterocycles. The van der Waals surface area contributed by atoms with Crippen molar-refractivity contribution in [2.45, 2.75) is 24.8 Å². The maximum atomic E-state index is 13.1. The van der Waals surface area contributed by atoms with Gasteiger partial charge in [-0.25, -0.2) is 13.8 Å². The zero-order valence-corrected chi connectivity index (χ0v) is 10.9. The molecule has 19 heavy (non-hydrogen) atoms. The highest BCUT2D eigenvalue weighted by Gasteiger charge is 2.38. The minimum Gasteiger partial charge on any atom is -0.368 e. The van der Waals surface area contributed by atoms with Gasteiger partial charge in [0.25, 0.3) is 5.92 Å². The van der Waals surface area contributed by atoms with Crippen molar-refractivity contribution >= 4 is 17.5 Å². The van der Waals surface area contributed by atoms with Crippen molar-refractivity contribution in [2.24, 2.45) is 5.73 Å². The van der Waals surface area contributed by atoms with Crippen molar-refractivity contribution in [1.82, 2.24) is 9.88 Å². The third-order valence-corrected chi connectivity index (χ3v) is 3.45. The van der Waals surface area contributed by atoms with Crippen molar-refractivity contribution in [3.63, 3.8) is 0 Å². The summed E-state index contributed by atoms with van der Waals surface area (Å²) in [5, 5.41) is 0.303. The zero-order chi connectivity index (χ0) is 14.0. The summed E-state index contributed by atoms with van der Waals surface area (Å²) in [5.41, 5.74) is 5.95. The highest BCUT2D eigenvalue weighted by molar-refractivity contribution is 6.29. The Bertz CT molecular complexity index is 457. The van der Waals surface area contributed by atoms with Gasteiger partial charge in [0, 0.05) is 32.1 Å². The molecule has 7 heteroatoms. The van der Waals surface area contributed by atoms with E-state index < -0.39 is 17.9 Å². The largest absolute Gasteiger partial charge is 0.368 e. The molecule has 1 aliphatic heterocycles. The van der Waals surface area contributed by atoms with Crippen LogP contribution in [-0.2, 0) is 4.79 Å². The average Bonchev–Trinajstić information content (AvgIpc) is 2.33. The average molecular weight is 290 g/mol. The molecule has 1 atom stereocenters. The molecule has 104 valence electrons. The van der Waals surface area contributed by atoms with Gasteiger partial charge < -0.3 is 5.73 Å². The number of hydrogen-bond donors (Lipinski definition) is 1. The second-order valence-electron chi connectivity index (χ2n) is 4.61. The van der Waals surface area contributed by atoms with Crippen LogP contribution in [-0.4, -0.2) is 34.8 Å². The van der Waals surface area contributed by atoms with Gasteiger partial charge in [0.1, 0.15) is 11.2 Å². The lowest BCUT2D eigenvalue weighted by atomic mass is 10.0. The van der Waals surface area contributed by atoms with Crippen molar-refractivity contribution in [2.75, 3.05) is 13.1 Å². The van der Waals surface area contributed by atoms with E-state index >= 15 is 0 Å². The molecular formula is C12H14ClF2N3O. The molecule has 0 aliphatic carbocycles. The Hall–Kier alpha value is -1.27. The molecular weight excluding hydrogens is 276 g/mol. The minimum absolute atomic E-state index is 0.128. The molecule has 1 aromatic rings. The molecule has 1 amide bonds. The first kappa shape index (κ1) is 14.1. The molecule has 0 unspecified atom stereocenters. The van der Waals surface area contributed by atoms with Crippen molar-refractivity contribution < 1.29 is 13.6 Å². The van der Waals surface area contributed by atoms with E-state index in [-0.39, 0.29) is 25.9 Å². The topological polar surface area (TPSA) is 59.2 Å². The summed E-state index contributed by atoms with van der Waals surface area (Å²) in [7, 11) is 0. The van der Waals surface area contributed by atoms with Gasteiger partial charge in [-0.2, -0.15) is 0 Å². The summed E-state index contributed by atoms with van der Waals surface area (Å²) in [5.74, 6) is -3.23. The molecule has 1 aliphatic rings. The van der Waals surface area contributed by atoms with Crippen LogP contribution in [0.4, 0.5) is 8.78 Å². The number of nitrogens with two attached hydrogens (primary N) is 1. The summed E-state index contributed by atoms with van der Waals surface area (Å²) in [6.07, 6.45) is 0.917. The number of carbonyl (C=O) groups is 1. The fraction of sp³-hybridized carbons (Fsp3) is 0.500. The van der Waals surface area contributed by atoms with Crippen molar-refractivity contribution in [3.8, 4) is 0 Å². The Labute approximate surface area is 114 Å². The number of hydrogen-bond acceptors (Lipinski definition) is 3. The number of likely N-dealkylation sites (tertiary alicyclic amines) is 1. The molecule has 1 saturated heterocycles. The number of amides is 1. The van der Waals surface area contributed by atoms with Gasteiger partial charge in [-0.05, 0) is 11.6 Å². The molecule has 0 saturated carbocycles. The van der Waals surface area contributed by atoms with Crippen LogP contribution in [0.1, 0.15) is 24.4 Å². The second-order valence-corrected chi connectivity index (χ2v) is 5.00. The molecule has 2 rings (SSSR count). The van der Waals surface area contributed by atoms with Gasteiger partial charge in [-0.3, -0.25) is 9.69 Å². The Balaban J connectivity index is 2.17. The first-order valence-corrected chi connectivity index (χ1v) is 6.29. The van der Waals surface area contributed by atoms with Gasteiger partial charge in [0.2, 0.25) is 5.91 Å². The lowest BCUT2D eigenvalue weighted by Crippen LogP contribution is -2.45. The number of alkyl halides is 2. The number of rotatable bonds is 3. The number of carbonyl (C=O) groups excluding carboxylic acids is 1. The second kappa shape index (κ2) is 5.38. The van der Waals surface area contributed by atoms with E-state index in [0.29, 0.717) is 10.7 Å². The number of halogens is 3. The summed E-state index contributed by atoms with van der Waals surface area (Å²) >= 11 is 5.68. The van der Waals surface area contributed by atoms with E-state index in [1.165, 1.54) is 6.20 Å². The molecule has 1 aromatic heterocycles. The molecule has 1 fully saturated rings. The lowest BCUT2D eigenvalue weighted by Gasteiger charge is -2.36. The van der Waals surface area contributed by atoms with Crippen molar-refractivity contribution in [3.05, 3.63) is 29.0 Å². The number of pyridine rings is 1. The molecule has 0 bridgehead atoms. The summed E-state index contributed by atoms with van der Waals surface area (Å²) in [6, 6.07) is 2.45. The smallest absolute Gasteiger partial charge is 0.250 e. The van der Waals surface area contributed by atoms with Crippen LogP contribution in [0, 0.1) is 0 Å². The first-order chi connectivity index (χ1) is 8.89. The Kier molecular flexibility index (Phi) is 4.01. The minimum atomic E-state index is -2.66. The summed E-state index contributed by atoms with van der Waals surface area (Å²) in [4.78, 5) is 17.1. The van der Waals surface area contributed by atoms with E-state index in [4.69, 9.17) is 17.3 Å². The fourth-order valence-electron chi connectivity index (χ4n) is 2.21. The van der Waals surface area contributed by atoms with Gasteiger partial charge >= 0.3 is 0 Å². The predicted molar refractivity (Wildman–Crippen MR) is 66.9 cm³/mol. The van der Waals surface area contributed by atoms with Crippen LogP contribution >= 0.6 is 11.6 Å². The maximum Gasteiger partial charge on any atom is 0.250 e. The van der Waals surface area contributed by atoms with Crippen LogP contribution < -0.4 is 5.73 Å². The van der Waals surface area contributed by atoms with Gasteiger partial charge in [0.05, 0.1) is 0 Å². The summed E-state index contributed by atoms with van der Waals surface area (Å²) < 4.78 is 26.3. The fourth-order valence-corrected chi connectivity index (χ4v) is 2.33. The Morgan fingerprint density at radius 1 is 1.42 bits per heavy atom. The van der Waals surface area contributed by atoms with E-state index in [1.807, 2.05) is 0 Å². The van der Waals surface area contributed by atoms with E-state index in [1.54, 1.807) is 17.0 Å². The van der Waals surface area contributed by atoms with Crippen LogP contribution in [0.5, 0.6) is 0 Å². The highest BCUT2D eigenvalue weighted by atomic mass is 35.5. The third kappa shape index (κ3) is 3.39. The van der Waals surface area contributed by atoms with E-state index in [2.05, 4.69) is 4.98 Å². The molecule has 0 spiro atoms. The highest BCUT2D eigenvalue weighted by Crippen LogP contribution is 2.32. The Morgan fingerprint density at radius 2 is 2.05 bits per heavy atom. The third-order valence-electron chi connectivity index (χ3n) is 3.23. The number of piperidine rings is 1. The number of aromatic nitrogens is 1. The van der Waals surface area contributed by atoms with Gasteiger partial charge in [0.15, 0.2) is 0 Å². The van der Waals surface area contributed by atoms with Crippen LogP contribution in [0.15, 0.2) is 18.3 Å². The van der Waals surface area contributed by atoms with Crippen LogP contribution in [0.25, 0.3) is 0 Å². The SMILES string of the molecule is NC(=O)[C@H](c1ccc(Cl)nc1)N1CCC(F)(F)CC1. The van der Waals surface area contributed by atoms with Gasteiger partial charge in [-0.1, -0.05) is 17.7 Å². The van der Waals surface area contributed by atoms with Crippen LogP contribution in [0.2, 0.25) is 5.15 Å². The Morgan fingerprint density at radius 3 is 2.53 bits per heavy atom. The quantitative estimate of drug-likeness (QED) is 0.866. The standard InChI is InChI=1S/C12H14ClF2N3O/c13-9-2-1-8(7-17-9)10(11(16)19)18-5-3-12(14,15)4-6-18/h1-2,7,10H,3-6H2,(H2,16,19)/t10-/m0/s1. The lowest BCUT2D eigenvalue weighted by molar-refractivity contribution is -0.127. The van der Waals surface area contributed by atoms with E-state index in [0.717, 1.165) is 0 Å². The first-order valence-electron chi connectivity index (χ1n) is 5.92. The van der Waals surface area contributed by atoms with Crippen molar-refractivity contribution in [1.29, 1.82) is 0 Å². The van der Waals surface area contributed by atoms with Gasteiger partial charge in [-0.15, -0.1) is 0 Å². The van der Waals surface area contributed by atoms with Crippen LogP contribution in [0.3, 0.4) is 0 Å². The normalized spacial score (nSPS) is 21.0. The molecule has 4 nitrogen and oxygen atoms in total. The van der Waals surface area contributed by atoms with E-state index in [9.17, 15) is 13.6 Å². The predicted octanol–water partition coefficient (Wildman–Crippen LogP) is 1.99. The monoisotopic (exact) mass is 289 g/mol. The molecule has 0 radical (unpaired) electrons. The molecule has 0 aromatic carbocycles.